The molecule has 0 aliphatic heterocycles. The number of non-ortho nitro benzene ring substituents is 1. The first-order valence-corrected chi connectivity index (χ1v) is 5.64. The van der Waals surface area contributed by atoms with Crippen molar-refractivity contribution in [1.82, 2.24) is 4.90 Å². The van der Waals surface area contributed by atoms with Crippen LogP contribution in [-0.2, 0) is 11.3 Å². The van der Waals surface area contributed by atoms with E-state index in [0.717, 1.165) is 5.56 Å². The maximum absolute atomic E-state index is 11.8. The second kappa shape index (κ2) is 6.11. The van der Waals surface area contributed by atoms with Gasteiger partial charge in [0.1, 0.15) is 0 Å². The van der Waals surface area contributed by atoms with E-state index in [-0.39, 0.29) is 24.1 Å². The Morgan fingerprint density at radius 2 is 2.22 bits per heavy atom. The van der Waals surface area contributed by atoms with Crippen LogP contribution in [0.5, 0.6) is 0 Å². The molecule has 2 N–H and O–H groups in total. The number of nitro benzene ring substituents is 1. The minimum absolute atomic E-state index is 0.0280. The molecule has 1 atom stereocenters. The van der Waals surface area contributed by atoms with Crippen molar-refractivity contribution in [3.05, 3.63) is 39.9 Å². The first kappa shape index (κ1) is 14.1. The molecule has 6 nitrogen and oxygen atoms in total. The van der Waals surface area contributed by atoms with Crippen LogP contribution in [0.25, 0.3) is 0 Å². The molecule has 1 aromatic carbocycles. The quantitative estimate of drug-likeness (QED) is 0.627. The Morgan fingerprint density at radius 1 is 1.56 bits per heavy atom. The largest absolute Gasteiger partial charge is 0.341 e. The van der Waals surface area contributed by atoms with Crippen molar-refractivity contribution in [2.45, 2.75) is 13.5 Å². The fraction of sp³-hybridized carbons (Fsp3) is 0.417. The van der Waals surface area contributed by atoms with Crippen LogP contribution in [0.2, 0.25) is 0 Å². The lowest BCUT2D eigenvalue weighted by Crippen LogP contribution is -2.34. The lowest BCUT2D eigenvalue weighted by atomic mass is 10.1. The number of benzene rings is 1. The number of nitrogens with zero attached hydrogens (tertiary/aromatic N) is 2. The summed E-state index contributed by atoms with van der Waals surface area (Å²) >= 11 is 0. The standard InChI is InChI=1S/C12H17N3O3/c1-9(7-13)12(16)14(2)8-10-4-3-5-11(6-10)15(17)18/h3-6,9H,7-8,13H2,1-2H3. The average Bonchev–Trinajstić information content (AvgIpc) is 2.37. The maximum atomic E-state index is 11.8. The summed E-state index contributed by atoms with van der Waals surface area (Å²) in [6.07, 6.45) is 0. The van der Waals surface area contributed by atoms with E-state index in [4.69, 9.17) is 5.73 Å². The molecule has 0 heterocycles. The zero-order valence-electron chi connectivity index (χ0n) is 10.5. The monoisotopic (exact) mass is 251 g/mol. The van der Waals surface area contributed by atoms with Crippen LogP contribution < -0.4 is 5.73 Å². The molecular weight excluding hydrogens is 234 g/mol. The molecule has 1 unspecified atom stereocenters. The molecule has 98 valence electrons. The molecular formula is C12H17N3O3. The average molecular weight is 251 g/mol. The number of nitrogens with two attached hydrogens (primary N) is 1. The van der Waals surface area contributed by atoms with Gasteiger partial charge in [0.25, 0.3) is 5.69 Å². The highest BCUT2D eigenvalue weighted by Crippen LogP contribution is 2.15. The molecule has 1 rings (SSSR count). The number of rotatable bonds is 5. The minimum Gasteiger partial charge on any atom is -0.341 e. The molecule has 0 aliphatic rings. The highest BCUT2D eigenvalue weighted by Gasteiger charge is 2.16. The van der Waals surface area contributed by atoms with Crippen LogP contribution in [0.4, 0.5) is 5.69 Å². The van der Waals surface area contributed by atoms with Gasteiger partial charge in [-0.25, -0.2) is 0 Å². The van der Waals surface area contributed by atoms with Gasteiger partial charge >= 0.3 is 0 Å². The minimum atomic E-state index is -0.451. The summed E-state index contributed by atoms with van der Waals surface area (Å²) < 4.78 is 0. The number of hydrogen-bond donors (Lipinski definition) is 1. The molecule has 0 saturated heterocycles. The fourth-order valence-corrected chi connectivity index (χ4v) is 1.60. The van der Waals surface area contributed by atoms with Gasteiger partial charge in [-0.05, 0) is 5.56 Å². The molecule has 0 radical (unpaired) electrons. The fourth-order valence-electron chi connectivity index (χ4n) is 1.60. The Balaban J connectivity index is 2.75. The van der Waals surface area contributed by atoms with Crippen LogP contribution in [0.15, 0.2) is 24.3 Å². The summed E-state index contributed by atoms with van der Waals surface area (Å²) in [4.78, 5) is 23.5. The first-order valence-electron chi connectivity index (χ1n) is 5.64. The van der Waals surface area contributed by atoms with Crippen molar-refractivity contribution in [1.29, 1.82) is 0 Å². The summed E-state index contributed by atoms with van der Waals surface area (Å²) in [5.41, 5.74) is 6.19. The van der Waals surface area contributed by atoms with E-state index in [2.05, 4.69) is 0 Å². The summed E-state index contributed by atoms with van der Waals surface area (Å²) in [7, 11) is 1.66. The second-order valence-electron chi connectivity index (χ2n) is 4.26. The van der Waals surface area contributed by atoms with Gasteiger partial charge in [0.15, 0.2) is 0 Å². The van der Waals surface area contributed by atoms with Gasteiger partial charge < -0.3 is 10.6 Å². The van der Waals surface area contributed by atoms with E-state index in [1.807, 2.05) is 0 Å². The topological polar surface area (TPSA) is 89.5 Å². The Kier molecular flexibility index (Phi) is 4.79. The number of carbonyl (C=O) groups excluding carboxylic acids is 1. The van der Waals surface area contributed by atoms with Crippen molar-refractivity contribution in [3.8, 4) is 0 Å². The van der Waals surface area contributed by atoms with Gasteiger partial charge in [-0.3, -0.25) is 14.9 Å². The zero-order valence-corrected chi connectivity index (χ0v) is 10.5. The number of amides is 1. The molecule has 0 aromatic heterocycles. The van der Waals surface area contributed by atoms with Crippen molar-refractivity contribution >= 4 is 11.6 Å². The van der Waals surface area contributed by atoms with Crippen LogP contribution in [0.3, 0.4) is 0 Å². The van der Waals surface area contributed by atoms with Crippen LogP contribution in [0, 0.1) is 16.0 Å². The molecule has 0 saturated carbocycles. The Hall–Kier alpha value is -1.95. The van der Waals surface area contributed by atoms with Gasteiger partial charge in [0.2, 0.25) is 5.91 Å². The van der Waals surface area contributed by atoms with Gasteiger partial charge in [0, 0.05) is 38.2 Å². The number of nitro groups is 1. The maximum Gasteiger partial charge on any atom is 0.269 e. The normalized spacial score (nSPS) is 11.9. The van der Waals surface area contributed by atoms with Gasteiger partial charge in [0.05, 0.1) is 4.92 Å². The van der Waals surface area contributed by atoms with E-state index >= 15 is 0 Å². The number of carbonyl (C=O) groups is 1. The Labute approximate surface area is 106 Å². The lowest BCUT2D eigenvalue weighted by molar-refractivity contribution is -0.384. The molecule has 6 heteroatoms. The van der Waals surface area contributed by atoms with Crippen molar-refractivity contribution < 1.29 is 9.72 Å². The molecule has 0 bridgehead atoms. The van der Waals surface area contributed by atoms with E-state index < -0.39 is 4.92 Å². The number of hydrogen-bond acceptors (Lipinski definition) is 4. The van der Waals surface area contributed by atoms with Gasteiger partial charge in [-0.2, -0.15) is 0 Å². The predicted octanol–water partition coefficient (Wildman–Crippen LogP) is 1.15. The molecule has 1 amide bonds. The van der Waals surface area contributed by atoms with E-state index in [0.29, 0.717) is 6.54 Å². The van der Waals surface area contributed by atoms with Crippen LogP contribution >= 0.6 is 0 Å². The highest BCUT2D eigenvalue weighted by atomic mass is 16.6. The van der Waals surface area contributed by atoms with Gasteiger partial charge in [-0.15, -0.1) is 0 Å². The smallest absolute Gasteiger partial charge is 0.269 e. The third-order valence-electron chi connectivity index (χ3n) is 2.69. The van der Waals surface area contributed by atoms with E-state index in [1.54, 1.807) is 26.1 Å². The summed E-state index contributed by atoms with van der Waals surface area (Å²) in [6, 6.07) is 6.26. The predicted molar refractivity (Wildman–Crippen MR) is 67.8 cm³/mol. The first-order chi connectivity index (χ1) is 8.45. The summed E-state index contributed by atoms with van der Waals surface area (Å²) in [5.74, 6) is -0.308. The molecule has 0 spiro atoms. The SMILES string of the molecule is CC(CN)C(=O)N(C)Cc1cccc([N+](=O)[O-])c1. The molecule has 0 fully saturated rings. The van der Waals surface area contributed by atoms with E-state index in [9.17, 15) is 14.9 Å². The molecule has 1 aromatic rings. The van der Waals surface area contributed by atoms with E-state index in [1.165, 1.54) is 17.0 Å². The lowest BCUT2D eigenvalue weighted by Gasteiger charge is -2.20. The van der Waals surface area contributed by atoms with Crippen molar-refractivity contribution in [3.63, 3.8) is 0 Å². The third-order valence-corrected chi connectivity index (χ3v) is 2.69. The zero-order chi connectivity index (χ0) is 13.7. The highest BCUT2D eigenvalue weighted by molar-refractivity contribution is 5.78. The van der Waals surface area contributed by atoms with Gasteiger partial charge in [-0.1, -0.05) is 19.1 Å². The molecule has 0 aliphatic carbocycles. The van der Waals surface area contributed by atoms with Crippen LogP contribution in [-0.4, -0.2) is 29.3 Å². The molecule has 18 heavy (non-hydrogen) atoms. The van der Waals surface area contributed by atoms with Crippen molar-refractivity contribution in [2.24, 2.45) is 11.7 Å². The second-order valence-corrected chi connectivity index (χ2v) is 4.26. The summed E-state index contributed by atoms with van der Waals surface area (Å²) in [6.45, 7) is 2.38. The van der Waals surface area contributed by atoms with Crippen LogP contribution in [0.1, 0.15) is 12.5 Å². The summed E-state index contributed by atoms with van der Waals surface area (Å²) in [5, 5.41) is 10.6. The Bertz CT molecular complexity index is 448. The Morgan fingerprint density at radius 3 is 2.78 bits per heavy atom. The third kappa shape index (κ3) is 3.53. The van der Waals surface area contributed by atoms with Crippen molar-refractivity contribution in [2.75, 3.05) is 13.6 Å².